The summed E-state index contributed by atoms with van der Waals surface area (Å²) in [6.45, 7) is 3.76. The van der Waals surface area contributed by atoms with Crippen molar-refractivity contribution in [1.29, 1.82) is 0 Å². The zero-order valence-corrected chi connectivity index (χ0v) is 15.9. The van der Waals surface area contributed by atoms with Gasteiger partial charge in [0.25, 0.3) is 5.69 Å². The molecule has 1 fully saturated rings. The minimum atomic E-state index is -1.05. The van der Waals surface area contributed by atoms with Crippen molar-refractivity contribution in [2.45, 2.75) is 51.7 Å². The number of carbonyl (C=O) groups is 3. The number of aromatic nitrogens is 2. The minimum Gasteiger partial charge on any atom is -0.456 e. The van der Waals surface area contributed by atoms with Crippen LogP contribution < -0.4 is 0 Å². The van der Waals surface area contributed by atoms with Gasteiger partial charge in [-0.2, -0.15) is 5.10 Å². The molecule has 11 heteroatoms. The first-order valence-corrected chi connectivity index (χ1v) is 8.78. The first-order chi connectivity index (χ1) is 13.7. The number of hydrogen-bond acceptors (Lipinski definition) is 9. The average molecular weight is 405 g/mol. The van der Waals surface area contributed by atoms with E-state index in [1.165, 1.54) is 49.8 Å². The van der Waals surface area contributed by atoms with Crippen LogP contribution >= 0.6 is 0 Å². The lowest BCUT2D eigenvalue weighted by Gasteiger charge is -2.23. The number of nitrogens with zero attached hydrogens (tertiary/aromatic N) is 3. The maximum Gasteiger partial charge on any atom is 0.303 e. The largest absolute Gasteiger partial charge is 0.456 e. The summed E-state index contributed by atoms with van der Waals surface area (Å²) in [5, 5.41) is 15.8. The Labute approximate surface area is 164 Å². The van der Waals surface area contributed by atoms with Gasteiger partial charge in [0.2, 0.25) is 0 Å². The van der Waals surface area contributed by atoms with Gasteiger partial charge < -0.3 is 14.2 Å². The molecule has 1 saturated heterocycles. The number of Topliss-reactive ketones (excluding diaryl/α,β-unsaturated/α-hetero) is 1. The highest BCUT2D eigenvalue weighted by Gasteiger charge is 2.50. The number of ether oxygens (including phenoxy) is 3. The number of non-ortho nitro benzene ring substituents is 1. The SMILES string of the molecule is CC(=O)C[C@H]1O[C@@H](n2cc3cc([N+](=O)[O-])ccc3n2)[C@H](OC(C)=O)[C@@H]1OC(C)=O. The summed E-state index contributed by atoms with van der Waals surface area (Å²) in [5.41, 5.74) is 0.355. The van der Waals surface area contributed by atoms with Crippen LogP contribution in [0.1, 0.15) is 33.4 Å². The third-order valence-corrected chi connectivity index (χ3v) is 4.36. The molecule has 0 N–H and O–H groups in total. The van der Waals surface area contributed by atoms with Crippen LogP contribution in [0.15, 0.2) is 24.4 Å². The zero-order chi connectivity index (χ0) is 21.3. The molecule has 1 aromatic carbocycles. The molecule has 2 aromatic rings. The lowest BCUT2D eigenvalue weighted by molar-refractivity contribution is -0.384. The Morgan fingerprint density at radius 1 is 1.17 bits per heavy atom. The van der Waals surface area contributed by atoms with Crippen molar-refractivity contribution in [2.75, 3.05) is 0 Å². The van der Waals surface area contributed by atoms with Crippen molar-refractivity contribution in [3.8, 4) is 0 Å². The number of rotatable bonds is 6. The van der Waals surface area contributed by atoms with Crippen molar-refractivity contribution < 1.29 is 33.5 Å². The van der Waals surface area contributed by atoms with Gasteiger partial charge in [0.05, 0.1) is 10.4 Å². The van der Waals surface area contributed by atoms with E-state index >= 15 is 0 Å². The summed E-state index contributed by atoms with van der Waals surface area (Å²) < 4.78 is 17.9. The molecule has 2 heterocycles. The number of nitro benzene ring substituents is 1. The van der Waals surface area contributed by atoms with Crippen molar-refractivity contribution in [3.05, 3.63) is 34.5 Å². The van der Waals surface area contributed by atoms with E-state index in [4.69, 9.17) is 14.2 Å². The van der Waals surface area contributed by atoms with Crippen molar-refractivity contribution in [2.24, 2.45) is 0 Å². The Balaban J connectivity index is 2.01. The predicted octanol–water partition coefficient (Wildman–Crippen LogP) is 1.68. The Kier molecular flexibility index (Phi) is 5.59. The molecular weight excluding hydrogens is 386 g/mol. The summed E-state index contributed by atoms with van der Waals surface area (Å²) in [4.78, 5) is 45.3. The molecule has 4 atom stereocenters. The predicted molar refractivity (Wildman–Crippen MR) is 96.7 cm³/mol. The van der Waals surface area contributed by atoms with E-state index < -0.39 is 41.4 Å². The van der Waals surface area contributed by atoms with Crippen LogP contribution in [0.3, 0.4) is 0 Å². The fraction of sp³-hybridized carbons (Fsp3) is 0.444. The smallest absolute Gasteiger partial charge is 0.303 e. The van der Waals surface area contributed by atoms with Gasteiger partial charge in [-0.1, -0.05) is 0 Å². The lowest BCUT2D eigenvalue weighted by atomic mass is 10.1. The Bertz CT molecular complexity index is 985. The number of fused-ring (bicyclic) bond motifs is 1. The summed E-state index contributed by atoms with van der Waals surface area (Å²) in [6, 6.07) is 4.15. The third kappa shape index (κ3) is 4.40. The third-order valence-electron chi connectivity index (χ3n) is 4.36. The van der Waals surface area contributed by atoms with Gasteiger partial charge >= 0.3 is 11.9 Å². The van der Waals surface area contributed by atoms with Crippen LogP contribution in [0, 0.1) is 10.1 Å². The molecule has 0 unspecified atom stereocenters. The first kappa shape index (κ1) is 20.4. The average Bonchev–Trinajstić information content (AvgIpc) is 3.16. The summed E-state index contributed by atoms with van der Waals surface area (Å²) in [6.07, 6.45) is -2.44. The molecule has 1 aliphatic rings. The van der Waals surface area contributed by atoms with Gasteiger partial charge in [0.1, 0.15) is 11.9 Å². The van der Waals surface area contributed by atoms with E-state index in [0.29, 0.717) is 10.9 Å². The summed E-state index contributed by atoms with van der Waals surface area (Å²) in [7, 11) is 0. The molecular formula is C18H19N3O8. The molecule has 0 radical (unpaired) electrons. The number of hydrogen-bond donors (Lipinski definition) is 0. The molecule has 1 aromatic heterocycles. The van der Waals surface area contributed by atoms with Crippen LogP contribution in [-0.4, -0.2) is 50.7 Å². The molecule has 0 bridgehead atoms. The lowest BCUT2D eigenvalue weighted by Crippen LogP contribution is -2.39. The second-order valence-corrected chi connectivity index (χ2v) is 6.73. The van der Waals surface area contributed by atoms with Gasteiger partial charge in [-0.05, 0) is 13.0 Å². The second-order valence-electron chi connectivity index (χ2n) is 6.73. The van der Waals surface area contributed by atoms with E-state index in [0.717, 1.165) is 0 Å². The van der Waals surface area contributed by atoms with Crippen LogP contribution in [0.4, 0.5) is 5.69 Å². The highest BCUT2D eigenvalue weighted by molar-refractivity contribution is 5.80. The quantitative estimate of drug-likeness (QED) is 0.399. The Morgan fingerprint density at radius 3 is 2.41 bits per heavy atom. The Hall–Kier alpha value is -3.34. The summed E-state index contributed by atoms with van der Waals surface area (Å²) in [5.74, 6) is -1.45. The number of ketones is 1. The zero-order valence-electron chi connectivity index (χ0n) is 15.9. The molecule has 11 nitrogen and oxygen atoms in total. The van der Waals surface area contributed by atoms with Gasteiger partial charge in [-0.15, -0.1) is 0 Å². The maximum absolute atomic E-state index is 11.6. The van der Waals surface area contributed by atoms with Crippen LogP contribution in [-0.2, 0) is 28.6 Å². The Morgan fingerprint density at radius 2 is 1.83 bits per heavy atom. The summed E-state index contributed by atoms with van der Waals surface area (Å²) >= 11 is 0. The van der Waals surface area contributed by atoms with Crippen molar-refractivity contribution in [3.63, 3.8) is 0 Å². The number of esters is 2. The van der Waals surface area contributed by atoms with Gasteiger partial charge in [-0.3, -0.25) is 24.5 Å². The van der Waals surface area contributed by atoms with Crippen molar-refractivity contribution >= 4 is 34.3 Å². The normalized spacial score (nSPS) is 23.7. The molecule has 0 aliphatic carbocycles. The monoisotopic (exact) mass is 405 g/mol. The fourth-order valence-electron chi connectivity index (χ4n) is 3.30. The number of carbonyl (C=O) groups excluding carboxylic acids is 3. The van der Waals surface area contributed by atoms with E-state index in [9.17, 15) is 24.5 Å². The number of nitro groups is 1. The molecule has 29 heavy (non-hydrogen) atoms. The number of benzene rings is 1. The second kappa shape index (κ2) is 7.95. The van der Waals surface area contributed by atoms with Crippen molar-refractivity contribution in [1.82, 2.24) is 9.78 Å². The van der Waals surface area contributed by atoms with Gasteiger partial charge in [-0.25, -0.2) is 4.68 Å². The molecule has 0 amide bonds. The van der Waals surface area contributed by atoms with Crippen LogP contribution in [0.2, 0.25) is 0 Å². The van der Waals surface area contributed by atoms with Crippen LogP contribution in [0.5, 0.6) is 0 Å². The molecule has 1 aliphatic heterocycles. The van der Waals surface area contributed by atoms with Gasteiger partial charge in [0.15, 0.2) is 18.4 Å². The standard InChI is InChI=1S/C18H19N3O8/c1-9(22)6-15-16(27-10(2)23)17(28-11(3)24)18(29-15)20-8-12-7-13(21(25)26)4-5-14(12)19-20/h4-5,7-8,15-18H,6H2,1-3H3/t15-,16-,17-,18-/m1/s1. The molecule has 0 spiro atoms. The highest BCUT2D eigenvalue weighted by atomic mass is 16.6. The van der Waals surface area contributed by atoms with Crippen LogP contribution in [0.25, 0.3) is 10.9 Å². The maximum atomic E-state index is 11.6. The molecule has 3 rings (SSSR count). The van der Waals surface area contributed by atoms with E-state index in [-0.39, 0.29) is 17.9 Å². The van der Waals surface area contributed by atoms with E-state index in [2.05, 4.69) is 5.10 Å². The highest BCUT2D eigenvalue weighted by Crippen LogP contribution is 2.36. The minimum absolute atomic E-state index is 0.0571. The molecule has 0 saturated carbocycles. The fourth-order valence-corrected chi connectivity index (χ4v) is 3.30. The van der Waals surface area contributed by atoms with E-state index in [1.807, 2.05) is 0 Å². The first-order valence-electron chi connectivity index (χ1n) is 8.78. The molecule has 154 valence electrons. The van der Waals surface area contributed by atoms with Gasteiger partial charge in [0, 0.05) is 44.0 Å². The van der Waals surface area contributed by atoms with E-state index in [1.54, 1.807) is 0 Å². The topological polar surface area (TPSA) is 140 Å².